The monoisotopic (exact) mass is 492 g/mol. The first kappa shape index (κ1) is 25.7. The van der Waals surface area contributed by atoms with E-state index in [1.165, 1.54) is 0 Å². The van der Waals surface area contributed by atoms with Gasteiger partial charge in [-0.2, -0.15) is 4.31 Å². The van der Waals surface area contributed by atoms with Crippen LogP contribution in [0, 0.1) is 12.8 Å². The van der Waals surface area contributed by atoms with Crippen LogP contribution in [0.1, 0.15) is 19.4 Å². The van der Waals surface area contributed by atoms with Crippen LogP contribution in [0.25, 0.3) is 0 Å². The van der Waals surface area contributed by atoms with Gasteiger partial charge < -0.3 is 9.84 Å². The summed E-state index contributed by atoms with van der Waals surface area (Å²) in [6.45, 7) is 8.67. The Balaban J connectivity index is 1.83. The molecule has 7 nitrogen and oxygen atoms in total. The van der Waals surface area contributed by atoms with Crippen molar-refractivity contribution >= 4 is 27.8 Å². The lowest BCUT2D eigenvalue weighted by Gasteiger charge is -2.33. The molecular weight excluding hydrogens is 460 g/mol. The first-order valence-corrected chi connectivity index (χ1v) is 13.3. The Kier molecular flexibility index (Phi) is 8.95. The van der Waals surface area contributed by atoms with Gasteiger partial charge >= 0.3 is 5.97 Å². The van der Waals surface area contributed by atoms with Crippen LogP contribution < -0.4 is 0 Å². The fourth-order valence-corrected chi connectivity index (χ4v) is 6.49. The molecule has 2 aromatic rings. The topological polar surface area (TPSA) is 87.2 Å². The first-order valence-electron chi connectivity index (χ1n) is 11.1. The van der Waals surface area contributed by atoms with Crippen molar-refractivity contribution in [2.45, 2.75) is 41.5 Å². The summed E-state index contributed by atoms with van der Waals surface area (Å²) in [5, 5.41) is 9.85. The van der Waals surface area contributed by atoms with Crippen LogP contribution in [-0.4, -0.2) is 74.1 Å². The van der Waals surface area contributed by atoms with Gasteiger partial charge in [0.2, 0.25) is 10.0 Å². The summed E-state index contributed by atoms with van der Waals surface area (Å²) in [5.41, 5.74) is 1.16. The number of rotatable bonds is 10. The zero-order chi connectivity index (χ0) is 24.0. The Morgan fingerprint density at radius 2 is 1.79 bits per heavy atom. The van der Waals surface area contributed by atoms with Crippen LogP contribution >= 0.6 is 11.8 Å². The van der Waals surface area contributed by atoms with E-state index in [2.05, 4.69) is 11.0 Å². The molecule has 1 fully saturated rings. The second-order valence-electron chi connectivity index (χ2n) is 8.49. The summed E-state index contributed by atoms with van der Waals surface area (Å²) in [6, 6.07) is 13.6. The third kappa shape index (κ3) is 6.80. The molecule has 0 bridgehead atoms. The summed E-state index contributed by atoms with van der Waals surface area (Å²) in [4.78, 5) is 16.2. The second kappa shape index (κ2) is 11.5. The molecule has 0 aromatic heterocycles. The van der Waals surface area contributed by atoms with E-state index >= 15 is 0 Å². The summed E-state index contributed by atoms with van der Waals surface area (Å²) in [6.07, 6.45) is 0. The van der Waals surface area contributed by atoms with Crippen molar-refractivity contribution in [2.75, 3.05) is 39.4 Å². The molecule has 1 N–H and O–H groups in total. The number of nitrogens with zero attached hydrogens (tertiary/aromatic N) is 2. The van der Waals surface area contributed by atoms with Crippen molar-refractivity contribution in [3.63, 3.8) is 0 Å². The number of carbonyl (C=O) groups is 1. The number of morpholine rings is 1. The minimum Gasteiger partial charge on any atom is -0.480 e. The van der Waals surface area contributed by atoms with E-state index in [4.69, 9.17) is 4.74 Å². The van der Waals surface area contributed by atoms with Gasteiger partial charge in [0.05, 0.1) is 18.1 Å². The van der Waals surface area contributed by atoms with Gasteiger partial charge in [-0.05, 0) is 49.2 Å². The van der Waals surface area contributed by atoms with Crippen molar-refractivity contribution < 1.29 is 23.1 Å². The average Bonchev–Trinajstić information content (AvgIpc) is 2.77. The number of ether oxygens (including phenoxy) is 1. The van der Waals surface area contributed by atoms with Crippen LogP contribution in [-0.2, 0) is 19.6 Å². The van der Waals surface area contributed by atoms with E-state index < -0.39 is 22.0 Å². The minimum atomic E-state index is -4.00. The van der Waals surface area contributed by atoms with E-state index in [1.807, 2.05) is 25.1 Å². The SMILES string of the molecule is Cc1cccc(Sc2ccc(S(=O)(=O)N(CCN3CCOCC3)[C@H](C(=O)O)C(C)C)cc2)c1. The van der Waals surface area contributed by atoms with Gasteiger partial charge in [-0.3, -0.25) is 9.69 Å². The minimum absolute atomic E-state index is 0.102. The van der Waals surface area contributed by atoms with E-state index in [0.29, 0.717) is 32.8 Å². The number of benzene rings is 2. The number of sulfonamides is 1. The van der Waals surface area contributed by atoms with E-state index in [0.717, 1.165) is 19.7 Å². The number of carboxylic acid groups (broad SMARTS) is 1. The van der Waals surface area contributed by atoms with Crippen LogP contribution in [0.2, 0.25) is 0 Å². The molecule has 0 spiro atoms. The van der Waals surface area contributed by atoms with Crippen molar-refractivity contribution in [3.05, 3.63) is 54.1 Å². The quantitative estimate of drug-likeness (QED) is 0.542. The predicted molar refractivity (Wildman–Crippen MR) is 129 cm³/mol. The average molecular weight is 493 g/mol. The highest BCUT2D eigenvalue weighted by Gasteiger charge is 2.38. The van der Waals surface area contributed by atoms with Gasteiger partial charge in [0.25, 0.3) is 0 Å². The number of carboxylic acids is 1. The van der Waals surface area contributed by atoms with E-state index in [1.54, 1.807) is 49.9 Å². The number of aryl methyl sites for hydroxylation is 1. The molecule has 0 radical (unpaired) electrons. The second-order valence-corrected chi connectivity index (χ2v) is 11.5. The van der Waals surface area contributed by atoms with Crippen molar-refractivity contribution in [2.24, 2.45) is 5.92 Å². The largest absolute Gasteiger partial charge is 0.480 e. The lowest BCUT2D eigenvalue weighted by molar-refractivity contribution is -0.143. The molecule has 1 atom stereocenters. The maximum absolute atomic E-state index is 13.6. The summed E-state index contributed by atoms with van der Waals surface area (Å²) >= 11 is 1.55. The third-order valence-electron chi connectivity index (χ3n) is 5.59. The van der Waals surface area contributed by atoms with Gasteiger partial charge in [-0.25, -0.2) is 8.42 Å². The predicted octanol–water partition coefficient (Wildman–Crippen LogP) is 3.58. The molecular formula is C24H32N2O5S2. The zero-order valence-electron chi connectivity index (χ0n) is 19.3. The van der Waals surface area contributed by atoms with Gasteiger partial charge in [0.1, 0.15) is 6.04 Å². The van der Waals surface area contributed by atoms with Crippen LogP contribution in [0.3, 0.4) is 0 Å². The van der Waals surface area contributed by atoms with Crippen molar-refractivity contribution in [3.8, 4) is 0 Å². The molecule has 3 rings (SSSR count). The van der Waals surface area contributed by atoms with Gasteiger partial charge in [-0.15, -0.1) is 0 Å². The molecule has 1 aliphatic rings. The first-order chi connectivity index (χ1) is 15.7. The Hall–Kier alpha value is -1.91. The molecule has 0 aliphatic carbocycles. The highest BCUT2D eigenvalue weighted by Crippen LogP contribution is 2.30. The lowest BCUT2D eigenvalue weighted by Crippen LogP contribution is -2.51. The lowest BCUT2D eigenvalue weighted by atomic mass is 10.0. The van der Waals surface area contributed by atoms with Crippen LogP contribution in [0.15, 0.2) is 63.2 Å². The number of hydrogen-bond acceptors (Lipinski definition) is 6. The van der Waals surface area contributed by atoms with Crippen LogP contribution in [0.4, 0.5) is 0 Å². The Morgan fingerprint density at radius 1 is 1.12 bits per heavy atom. The maximum Gasteiger partial charge on any atom is 0.322 e. The Labute approximate surface area is 200 Å². The fourth-order valence-electron chi connectivity index (χ4n) is 3.84. The van der Waals surface area contributed by atoms with E-state index in [-0.39, 0.29) is 17.4 Å². The molecule has 2 aromatic carbocycles. The zero-order valence-corrected chi connectivity index (χ0v) is 20.9. The summed E-state index contributed by atoms with van der Waals surface area (Å²) in [7, 11) is -4.00. The molecule has 0 saturated carbocycles. The molecule has 9 heteroatoms. The Morgan fingerprint density at radius 3 is 2.36 bits per heavy atom. The standard InChI is InChI=1S/C24H32N2O5S2/c1-18(2)23(24(27)28)26(12-11-25-13-15-31-16-14-25)33(29,30)22-9-7-20(8-10-22)32-21-6-4-5-19(3)17-21/h4-10,17-18,23H,11-16H2,1-3H3,(H,27,28)/t23-/m0/s1. The Bertz CT molecular complexity index is 1040. The molecule has 0 amide bonds. The smallest absolute Gasteiger partial charge is 0.322 e. The van der Waals surface area contributed by atoms with Crippen LogP contribution in [0.5, 0.6) is 0 Å². The molecule has 180 valence electrons. The molecule has 1 saturated heterocycles. The normalized spacial score (nSPS) is 16.3. The summed E-state index contributed by atoms with van der Waals surface area (Å²) < 4.78 is 33.7. The molecule has 1 aliphatic heterocycles. The maximum atomic E-state index is 13.6. The molecule has 1 heterocycles. The molecule has 0 unspecified atom stereocenters. The highest BCUT2D eigenvalue weighted by molar-refractivity contribution is 7.99. The van der Waals surface area contributed by atoms with Gasteiger partial charge in [0.15, 0.2) is 0 Å². The number of hydrogen-bond donors (Lipinski definition) is 1. The van der Waals surface area contributed by atoms with Crippen molar-refractivity contribution in [1.82, 2.24) is 9.21 Å². The van der Waals surface area contributed by atoms with Crippen molar-refractivity contribution in [1.29, 1.82) is 0 Å². The van der Waals surface area contributed by atoms with Gasteiger partial charge in [-0.1, -0.05) is 43.3 Å². The highest BCUT2D eigenvalue weighted by atomic mass is 32.2. The molecule has 33 heavy (non-hydrogen) atoms. The third-order valence-corrected chi connectivity index (χ3v) is 8.48. The van der Waals surface area contributed by atoms with E-state index in [9.17, 15) is 18.3 Å². The summed E-state index contributed by atoms with van der Waals surface area (Å²) in [5.74, 6) is -1.51. The fraction of sp³-hybridized carbons (Fsp3) is 0.458. The number of aliphatic carboxylic acids is 1. The van der Waals surface area contributed by atoms with Gasteiger partial charge in [0, 0.05) is 36.0 Å².